The van der Waals surface area contributed by atoms with Gasteiger partial charge in [0.15, 0.2) is 11.0 Å². The van der Waals surface area contributed by atoms with Crippen LogP contribution in [0.4, 0.5) is 18.9 Å². The highest BCUT2D eigenvalue weighted by Gasteiger charge is 2.30. The van der Waals surface area contributed by atoms with E-state index in [1.165, 1.54) is 12.1 Å². The molecule has 0 saturated heterocycles. The Morgan fingerprint density at radius 3 is 2.67 bits per heavy atom. The highest BCUT2D eigenvalue weighted by atomic mass is 32.2. The first-order chi connectivity index (χ1) is 14.3. The molecule has 30 heavy (non-hydrogen) atoms. The number of nitrogens with one attached hydrogen (secondary N) is 1. The summed E-state index contributed by atoms with van der Waals surface area (Å²) in [6.45, 7) is 6.18. The summed E-state index contributed by atoms with van der Waals surface area (Å²) < 4.78 is 40.3. The van der Waals surface area contributed by atoms with Gasteiger partial charge < -0.3 is 5.32 Å². The van der Waals surface area contributed by atoms with Crippen molar-refractivity contribution in [2.24, 2.45) is 0 Å². The van der Waals surface area contributed by atoms with E-state index in [1.807, 2.05) is 35.8 Å². The predicted molar refractivity (Wildman–Crippen MR) is 111 cm³/mol. The average Bonchev–Trinajstić information content (AvgIpc) is 3.09. The molecule has 9 heteroatoms. The van der Waals surface area contributed by atoms with Gasteiger partial charge in [0.1, 0.15) is 0 Å². The molecule has 1 heterocycles. The number of benzene rings is 2. The van der Waals surface area contributed by atoms with Crippen molar-refractivity contribution in [1.29, 1.82) is 0 Å². The summed E-state index contributed by atoms with van der Waals surface area (Å²) >= 11 is 1.15. The number of aromatic nitrogens is 3. The Labute approximate surface area is 176 Å². The van der Waals surface area contributed by atoms with E-state index in [1.54, 1.807) is 6.08 Å². The minimum Gasteiger partial charge on any atom is -0.325 e. The number of carbonyl (C=O) groups excluding carboxylic acids is 1. The third-order valence-corrected chi connectivity index (χ3v) is 5.08. The van der Waals surface area contributed by atoms with Crippen LogP contribution in [-0.4, -0.2) is 26.4 Å². The molecule has 156 valence electrons. The number of allylic oxidation sites excluding steroid dienone is 1. The Morgan fingerprint density at radius 2 is 1.97 bits per heavy atom. The number of halogens is 3. The van der Waals surface area contributed by atoms with Gasteiger partial charge in [0.25, 0.3) is 0 Å². The summed E-state index contributed by atoms with van der Waals surface area (Å²) in [6.07, 6.45) is -2.77. The second-order valence-corrected chi connectivity index (χ2v) is 7.43. The van der Waals surface area contributed by atoms with Gasteiger partial charge in [-0.15, -0.1) is 16.8 Å². The zero-order chi connectivity index (χ0) is 21.7. The summed E-state index contributed by atoms with van der Waals surface area (Å²) in [6, 6.07) is 12.3. The van der Waals surface area contributed by atoms with Gasteiger partial charge in [0, 0.05) is 17.8 Å². The van der Waals surface area contributed by atoms with E-state index in [0.29, 0.717) is 17.5 Å². The Hall–Kier alpha value is -3.07. The highest BCUT2D eigenvalue weighted by Crippen LogP contribution is 2.31. The number of rotatable bonds is 7. The molecule has 0 aliphatic heterocycles. The zero-order valence-electron chi connectivity index (χ0n) is 16.1. The van der Waals surface area contributed by atoms with Crippen molar-refractivity contribution >= 4 is 23.4 Å². The molecule has 0 unspecified atom stereocenters. The summed E-state index contributed by atoms with van der Waals surface area (Å²) in [5.41, 5.74) is 1.24. The van der Waals surface area contributed by atoms with Crippen molar-refractivity contribution in [3.05, 3.63) is 72.3 Å². The maximum atomic E-state index is 12.8. The third-order valence-electron chi connectivity index (χ3n) is 4.11. The lowest BCUT2D eigenvalue weighted by molar-refractivity contribution is -0.137. The van der Waals surface area contributed by atoms with Crippen LogP contribution in [0.15, 0.2) is 66.3 Å². The number of thioether (sulfide) groups is 1. The molecule has 2 aromatic carbocycles. The van der Waals surface area contributed by atoms with Gasteiger partial charge in [-0.2, -0.15) is 13.2 Å². The van der Waals surface area contributed by atoms with Crippen LogP contribution in [0, 0.1) is 6.92 Å². The topological polar surface area (TPSA) is 59.8 Å². The molecule has 0 radical (unpaired) electrons. The van der Waals surface area contributed by atoms with E-state index in [2.05, 4.69) is 22.1 Å². The number of aryl methyl sites for hydroxylation is 1. The van der Waals surface area contributed by atoms with Crippen molar-refractivity contribution in [3.8, 4) is 11.4 Å². The van der Waals surface area contributed by atoms with E-state index in [-0.39, 0.29) is 11.4 Å². The van der Waals surface area contributed by atoms with E-state index < -0.39 is 17.6 Å². The maximum absolute atomic E-state index is 12.8. The number of carbonyl (C=O) groups is 1. The molecule has 0 saturated carbocycles. The molecule has 1 N–H and O–H groups in total. The quantitative estimate of drug-likeness (QED) is 0.412. The molecule has 3 aromatic rings. The largest absolute Gasteiger partial charge is 0.416 e. The van der Waals surface area contributed by atoms with Crippen LogP contribution >= 0.6 is 11.8 Å². The van der Waals surface area contributed by atoms with Crippen LogP contribution in [0.3, 0.4) is 0 Å². The Kier molecular flexibility index (Phi) is 6.61. The van der Waals surface area contributed by atoms with E-state index >= 15 is 0 Å². The standard InChI is InChI=1S/C21H19F3N4OS/c1-3-10-28-19(15-7-4-6-14(2)11-15)26-27-20(28)30-13-18(29)25-17-9-5-8-16(12-17)21(22,23)24/h3-9,11-12H,1,10,13H2,2H3,(H,25,29). The van der Waals surface area contributed by atoms with Gasteiger partial charge in [-0.05, 0) is 31.2 Å². The van der Waals surface area contributed by atoms with Gasteiger partial charge in [0.05, 0.1) is 11.3 Å². The lowest BCUT2D eigenvalue weighted by Gasteiger charge is -2.10. The summed E-state index contributed by atoms with van der Waals surface area (Å²) in [7, 11) is 0. The van der Waals surface area contributed by atoms with Gasteiger partial charge in [0.2, 0.25) is 5.91 Å². The lowest BCUT2D eigenvalue weighted by Crippen LogP contribution is -2.15. The number of alkyl halides is 3. The van der Waals surface area contributed by atoms with Gasteiger partial charge in [-0.3, -0.25) is 9.36 Å². The normalized spacial score (nSPS) is 11.3. The molecule has 0 atom stereocenters. The SMILES string of the molecule is C=CCn1c(SCC(=O)Nc2cccc(C(F)(F)F)c2)nnc1-c1cccc(C)c1. The number of anilines is 1. The molecule has 0 aliphatic carbocycles. The minimum absolute atomic E-state index is 0.0284. The molecular weight excluding hydrogens is 413 g/mol. The summed E-state index contributed by atoms with van der Waals surface area (Å²) in [4.78, 5) is 12.2. The van der Waals surface area contributed by atoms with E-state index in [4.69, 9.17) is 0 Å². The third kappa shape index (κ3) is 5.29. The van der Waals surface area contributed by atoms with Crippen molar-refractivity contribution in [2.75, 3.05) is 11.1 Å². The molecule has 0 bridgehead atoms. The fourth-order valence-electron chi connectivity index (χ4n) is 2.79. The number of hydrogen-bond donors (Lipinski definition) is 1. The first-order valence-corrected chi connectivity index (χ1v) is 9.97. The van der Waals surface area contributed by atoms with Crippen LogP contribution in [-0.2, 0) is 17.5 Å². The van der Waals surface area contributed by atoms with Crippen molar-refractivity contribution in [2.45, 2.75) is 24.8 Å². The van der Waals surface area contributed by atoms with Gasteiger partial charge in [-0.25, -0.2) is 0 Å². The molecule has 0 aliphatic rings. The Bertz CT molecular complexity index is 1060. The minimum atomic E-state index is -4.47. The lowest BCUT2D eigenvalue weighted by atomic mass is 10.1. The number of hydrogen-bond acceptors (Lipinski definition) is 4. The van der Waals surface area contributed by atoms with Crippen LogP contribution in [0.5, 0.6) is 0 Å². The smallest absolute Gasteiger partial charge is 0.325 e. The fraction of sp³-hybridized carbons (Fsp3) is 0.190. The first kappa shape index (κ1) is 21.6. The van der Waals surface area contributed by atoms with Crippen molar-refractivity contribution < 1.29 is 18.0 Å². The van der Waals surface area contributed by atoms with Crippen LogP contribution in [0.1, 0.15) is 11.1 Å². The molecule has 5 nitrogen and oxygen atoms in total. The second kappa shape index (κ2) is 9.17. The molecular formula is C21H19F3N4OS. The van der Waals surface area contributed by atoms with Crippen molar-refractivity contribution in [3.63, 3.8) is 0 Å². The summed E-state index contributed by atoms with van der Waals surface area (Å²) in [5, 5.41) is 11.4. The predicted octanol–water partition coefficient (Wildman–Crippen LogP) is 5.19. The van der Waals surface area contributed by atoms with Crippen molar-refractivity contribution in [1.82, 2.24) is 14.8 Å². The van der Waals surface area contributed by atoms with Crippen LogP contribution in [0.25, 0.3) is 11.4 Å². The first-order valence-electron chi connectivity index (χ1n) is 8.99. The van der Waals surface area contributed by atoms with E-state index in [0.717, 1.165) is 35.0 Å². The Morgan fingerprint density at radius 1 is 1.20 bits per heavy atom. The van der Waals surface area contributed by atoms with Gasteiger partial charge >= 0.3 is 6.18 Å². The fourth-order valence-corrected chi connectivity index (χ4v) is 3.54. The molecule has 3 rings (SSSR count). The van der Waals surface area contributed by atoms with E-state index in [9.17, 15) is 18.0 Å². The molecule has 1 aromatic heterocycles. The molecule has 1 amide bonds. The van der Waals surface area contributed by atoms with Gasteiger partial charge in [-0.1, -0.05) is 47.7 Å². The molecule has 0 spiro atoms. The highest BCUT2D eigenvalue weighted by molar-refractivity contribution is 7.99. The monoisotopic (exact) mass is 432 g/mol. The maximum Gasteiger partial charge on any atom is 0.416 e. The molecule has 0 fully saturated rings. The summed E-state index contributed by atoms with van der Waals surface area (Å²) in [5.74, 6) is 0.184. The number of nitrogens with zero attached hydrogens (tertiary/aromatic N) is 3. The number of amides is 1. The average molecular weight is 432 g/mol. The Balaban J connectivity index is 1.71. The second-order valence-electron chi connectivity index (χ2n) is 6.49. The zero-order valence-corrected chi connectivity index (χ0v) is 16.9. The van der Waals surface area contributed by atoms with Crippen LogP contribution < -0.4 is 5.32 Å². The van der Waals surface area contributed by atoms with Crippen LogP contribution in [0.2, 0.25) is 0 Å².